The van der Waals surface area contributed by atoms with Gasteiger partial charge in [0.1, 0.15) is 11.6 Å². The second-order valence-electron chi connectivity index (χ2n) is 6.55. The molecule has 5 nitrogen and oxygen atoms in total. The molecular weight excluding hydrogens is 376 g/mol. The minimum absolute atomic E-state index is 0.0459. The fourth-order valence-corrected chi connectivity index (χ4v) is 2.55. The molecular formula is C22H23ClN2O3. The molecule has 0 unspecified atom stereocenters. The maximum absolute atomic E-state index is 12.4. The molecule has 0 aliphatic rings. The first-order valence-corrected chi connectivity index (χ1v) is 9.31. The zero-order valence-corrected chi connectivity index (χ0v) is 16.9. The van der Waals surface area contributed by atoms with E-state index in [0.29, 0.717) is 40.3 Å². The molecule has 1 N–H and O–H groups in total. The summed E-state index contributed by atoms with van der Waals surface area (Å²) in [7, 11) is 1.55. The Hall–Kier alpha value is -2.97. The van der Waals surface area contributed by atoms with Gasteiger partial charge in [0.2, 0.25) is 0 Å². The molecule has 0 bridgehead atoms. The summed E-state index contributed by atoms with van der Waals surface area (Å²) < 4.78 is 11.1. The smallest absolute Gasteiger partial charge is 0.266 e. The predicted octanol–water partition coefficient (Wildman–Crippen LogP) is 5.32. The van der Waals surface area contributed by atoms with E-state index >= 15 is 0 Å². The second kappa shape index (κ2) is 10.4. The normalized spacial score (nSPS) is 11.1. The summed E-state index contributed by atoms with van der Waals surface area (Å²) in [6.45, 7) is 4.85. The maximum atomic E-state index is 12.4. The van der Waals surface area contributed by atoms with Gasteiger partial charge < -0.3 is 14.8 Å². The number of anilines is 1. The third-order valence-corrected chi connectivity index (χ3v) is 4.27. The van der Waals surface area contributed by atoms with Crippen LogP contribution in [0.15, 0.2) is 48.0 Å². The number of ether oxygens (including phenoxy) is 2. The van der Waals surface area contributed by atoms with Crippen molar-refractivity contribution in [2.75, 3.05) is 19.0 Å². The highest BCUT2D eigenvalue weighted by Gasteiger charge is 2.12. The molecule has 0 saturated heterocycles. The number of nitrogens with one attached hydrogen (secondary N) is 1. The van der Waals surface area contributed by atoms with E-state index in [1.807, 2.05) is 6.07 Å². The van der Waals surface area contributed by atoms with E-state index in [1.54, 1.807) is 49.6 Å². The van der Waals surface area contributed by atoms with Gasteiger partial charge in [0, 0.05) is 0 Å². The first-order chi connectivity index (χ1) is 13.4. The maximum Gasteiger partial charge on any atom is 0.266 e. The van der Waals surface area contributed by atoms with Gasteiger partial charge in [-0.1, -0.05) is 43.6 Å². The van der Waals surface area contributed by atoms with Gasteiger partial charge in [-0.2, -0.15) is 5.26 Å². The van der Waals surface area contributed by atoms with E-state index in [1.165, 1.54) is 6.08 Å². The Labute approximate surface area is 170 Å². The van der Waals surface area contributed by atoms with Crippen LogP contribution in [0.5, 0.6) is 11.5 Å². The van der Waals surface area contributed by atoms with Gasteiger partial charge in [0.15, 0.2) is 11.5 Å². The summed E-state index contributed by atoms with van der Waals surface area (Å²) in [5.74, 6) is 1.18. The summed E-state index contributed by atoms with van der Waals surface area (Å²) in [6, 6.07) is 14.0. The Bertz CT molecular complexity index is 901. The predicted molar refractivity (Wildman–Crippen MR) is 112 cm³/mol. The van der Waals surface area contributed by atoms with Crippen molar-refractivity contribution in [1.29, 1.82) is 5.26 Å². The summed E-state index contributed by atoms with van der Waals surface area (Å²) in [5, 5.41) is 12.4. The lowest BCUT2D eigenvalue weighted by Gasteiger charge is -2.12. The number of para-hydroxylation sites is 1. The zero-order chi connectivity index (χ0) is 20.5. The van der Waals surface area contributed by atoms with Crippen molar-refractivity contribution >= 4 is 29.3 Å². The number of rotatable bonds is 8. The van der Waals surface area contributed by atoms with Crippen molar-refractivity contribution in [2.45, 2.75) is 20.3 Å². The molecule has 0 atom stereocenters. The van der Waals surface area contributed by atoms with E-state index in [-0.39, 0.29) is 5.57 Å². The van der Waals surface area contributed by atoms with Crippen molar-refractivity contribution in [2.24, 2.45) is 5.92 Å². The number of carbonyl (C=O) groups is 1. The van der Waals surface area contributed by atoms with E-state index in [2.05, 4.69) is 19.2 Å². The molecule has 0 aliphatic carbocycles. The number of amides is 1. The van der Waals surface area contributed by atoms with Gasteiger partial charge in [0.05, 0.1) is 24.4 Å². The van der Waals surface area contributed by atoms with Gasteiger partial charge in [-0.3, -0.25) is 4.79 Å². The van der Waals surface area contributed by atoms with Crippen LogP contribution in [0, 0.1) is 17.2 Å². The fourth-order valence-electron chi connectivity index (χ4n) is 2.37. The van der Waals surface area contributed by atoms with Crippen LogP contribution in [0.4, 0.5) is 5.69 Å². The van der Waals surface area contributed by atoms with E-state index in [4.69, 9.17) is 21.1 Å². The molecule has 0 saturated carbocycles. The Balaban J connectivity index is 2.18. The number of nitrogens with zero attached hydrogens (tertiary/aromatic N) is 1. The first-order valence-electron chi connectivity index (χ1n) is 8.93. The first kappa shape index (κ1) is 21.3. The van der Waals surface area contributed by atoms with Crippen LogP contribution in [0.25, 0.3) is 6.08 Å². The molecule has 1 amide bonds. The lowest BCUT2D eigenvalue weighted by atomic mass is 10.1. The summed E-state index contributed by atoms with van der Waals surface area (Å²) >= 11 is 6.05. The molecule has 146 valence electrons. The van der Waals surface area contributed by atoms with Crippen molar-refractivity contribution in [1.82, 2.24) is 0 Å². The van der Waals surface area contributed by atoms with Gasteiger partial charge in [-0.15, -0.1) is 0 Å². The average molecular weight is 399 g/mol. The van der Waals surface area contributed by atoms with E-state index in [9.17, 15) is 10.1 Å². The number of halogens is 1. The largest absolute Gasteiger partial charge is 0.493 e. The standard InChI is InChI=1S/C22H23ClN2O3/c1-15(2)10-11-28-20-9-8-16(13-21(20)27-3)12-17(14-24)22(26)25-19-7-5-4-6-18(19)23/h4-9,12-13,15H,10-11H2,1-3H3,(H,25,26)/b17-12+. The van der Waals surface area contributed by atoms with Crippen LogP contribution in [0.3, 0.4) is 0 Å². The highest BCUT2D eigenvalue weighted by Crippen LogP contribution is 2.29. The quantitative estimate of drug-likeness (QED) is 0.482. The summed E-state index contributed by atoms with van der Waals surface area (Å²) in [4.78, 5) is 12.4. The molecule has 0 aliphatic heterocycles. The van der Waals surface area contributed by atoms with Gasteiger partial charge in [-0.05, 0) is 48.2 Å². The molecule has 0 heterocycles. The number of carbonyl (C=O) groups excluding carboxylic acids is 1. The van der Waals surface area contributed by atoms with Crippen LogP contribution >= 0.6 is 11.6 Å². The molecule has 0 fully saturated rings. The van der Waals surface area contributed by atoms with Crippen LogP contribution in [0.1, 0.15) is 25.8 Å². The van der Waals surface area contributed by atoms with Gasteiger partial charge >= 0.3 is 0 Å². The molecule has 0 radical (unpaired) electrons. The van der Waals surface area contributed by atoms with Crippen LogP contribution in [-0.2, 0) is 4.79 Å². The SMILES string of the molecule is COc1cc(/C=C(\C#N)C(=O)Nc2ccccc2Cl)ccc1OCCC(C)C. The number of hydrogen-bond acceptors (Lipinski definition) is 4. The molecule has 28 heavy (non-hydrogen) atoms. The Morgan fingerprint density at radius 2 is 2.00 bits per heavy atom. The summed E-state index contributed by atoms with van der Waals surface area (Å²) in [5.41, 5.74) is 1.05. The second-order valence-corrected chi connectivity index (χ2v) is 6.95. The summed E-state index contributed by atoms with van der Waals surface area (Å²) in [6.07, 6.45) is 2.43. The number of hydrogen-bond donors (Lipinski definition) is 1. The van der Waals surface area contributed by atoms with Crippen molar-refractivity contribution in [3.05, 3.63) is 58.6 Å². The molecule has 2 aromatic carbocycles. The lowest BCUT2D eigenvalue weighted by molar-refractivity contribution is -0.112. The molecule has 0 spiro atoms. The molecule has 2 rings (SSSR count). The van der Waals surface area contributed by atoms with Crippen LogP contribution in [0.2, 0.25) is 5.02 Å². The number of benzene rings is 2. The minimum atomic E-state index is -0.535. The Kier molecular flexibility index (Phi) is 7.91. The molecule has 2 aromatic rings. The lowest BCUT2D eigenvalue weighted by Crippen LogP contribution is -2.13. The average Bonchev–Trinajstić information content (AvgIpc) is 2.68. The minimum Gasteiger partial charge on any atom is -0.493 e. The molecule has 6 heteroatoms. The molecule has 0 aromatic heterocycles. The third kappa shape index (κ3) is 6.04. The number of methoxy groups -OCH3 is 1. The zero-order valence-electron chi connectivity index (χ0n) is 16.2. The van der Waals surface area contributed by atoms with Gasteiger partial charge in [0.25, 0.3) is 5.91 Å². The van der Waals surface area contributed by atoms with Gasteiger partial charge in [-0.25, -0.2) is 0 Å². The highest BCUT2D eigenvalue weighted by molar-refractivity contribution is 6.34. The Morgan fingerprint density at radius 3 is 2.64 bits per heavy atom. The van der Waals surface area contributed by atoms with E-state index in [0.717, 1.165) is 6.42 Å². The van der Waals surface area contributed by atoms with Crippen molar-refractivity contribution < 1.29 is 14.3 Å². The number of nitriles is 1. The monoisotopic (exact) mass is 398 g/mol. The topological polar surface area (TPSA) is 71.3 Å². The Morgan fingerprint density at radius 1 is 1.25 bits per heavy atom. The fraction of sp³-hybridized carbons (Fsp3) is 0.273. The van der Waals surface area contributed by atoms with Crippen molar-refractivity contribution in [3.8, 4) is 17.6 Å². The third-order valence-electron chi connectivity index (χ3n) is 3.94. The van der Waals surface area contributed by atoms with Crippen LogP contribution < -0.4 is 14.8 Å². The van der Waals surface area contributed by atoms with E-state index < -0.39 is 5.91 Å². The van der Waals surface area contributed by atoms with Crippen LogP contribution in [-0.4, -0.2) is 19.6 Å². The van der Waals surface area contributed by atoms with Crippen molar-refractivity contribution in [3.63, 3.8) is 0 Å². The highest BCUT2D eigenvalue weighted by atomic mass is 35.5.